The number of hydrogen-bond donors (Lipinski definition) is 0. The second-order valence-electron chi connectivity index (χ2n) is 7.13. The predicted molar refractivity (Wildman–Crippen MR) is 110 cm³/mol. The maximum Gasteiger partial charge on any atom is 0.293 e. The van der Waals surface area contributed by atoms with Crippen LogP contribution < -0.4 is 4.90 Å². The highest BCUT2D eigenvalue weighted by Crippen LogP contribution is 2.38. The molecule has 0 aliphatic carbocycles. The molecule has 31 heavy (non-hydrogen) atoms. The molecule has 3 aromatic rings. The Morgan fingerprint density at radius 3 is 2.45 bits per heavy atom. The van der Waals surface area contributed by atoms with Crippen LogP contribution in [-0.2, 0) is 14.4 Å². The van der Waals surface area contributed by atoms with E-state index >= 15 is 0 Å². The van der Waals surface area contributed by atoms with Gasteiger partial charge in [0.25, 0.3) is 11.6 Å². The summed E-state index contributed by atoms with van der Waals surface area (Å²) in [5.41, 5.74) is -0.465. The lowest BCUT2D eigenvalue weighted by molar-refractivity contribution is -0.384. The van der Waals surface area contributed by atoms with Gasteiger partial charge in [0, 0.05) is 11.6 Å². The SMILES string of the molecule is O=C(C1=NOC2C(=O)N(c3ccccc3[N+](=O)[O-])C(=O)C12)c1ccc2ccccc2c1. The molecule has 9 heteroatoms. The van der Waals surface area contributed by atoms with Gasteiger partial charge in [0.05, 0.1) is 4.92 Å². The van der Waals surface area contributed by atoms with Gasteiger partial charge in [-0.05, 0) is 22.9 Å². The summed E-state index contributed by atoms with van der Waals surface area (Å²) < 4.78 is 0. The fourth-order valence-corrected chi connectivity index (χ4v) is 3.89. The second kappa shape index (κ2) is 6.84. The first kappa shape index (κ1) is 18.6. The molecule has 152 valence electrons. The highest BCUT2D eigenvalue weighted by atomic mass is 16.7. The van der Waals surface area contributed by atoms with Crippen LogP contribution in [0, 0.1) is 16.0 Å². The molecule has 3 aromatic carbocycles. The van der Waals surface area contributed by atoms with E-state index in [1.54, 1.807) is 18.2 Å². The van der Waals surface area contributed by atoms with Crippen molar-refractivity contribution in [3.63, 3.8) is 0 Å². The van der Waals surface area contributed by atoms with Gasteiger partial charge in [-0.15, -0.1) is 0 Å². The van der Waals surface area contributed by atoms with Crippen molar-refractivity contribution >= 4 is 45.5 Å². The molecule has 1 fully saturated rings. The summed E-state index contributed by atoms with van der Waals surface area (Å²) in [5.74, 6) is -3.38. The lowest BCUT2D eigenvalue weighted by Crippen LogP contribution is -2.34. The topological polar surface area (TPSA) is 119 Å². The average Bonchev–Trinajstić information content (AvgIpc) is 3.33. The smallest absolute Gasteiger partial charge is 0.293 e. The number of anilines is 1. The van der Waals surface area contributed by atoms with Gasteiger partial charge in [-0.25, -0.2) is 4.90 Å². The van der Waals surface area contributed by atoms with Crippen LogP contribution in [-0.4, -0.2) is 34.3 Å². The van der Waals surface area contributed by atoms with Crippen molar-refractivity contribution in [1.82, 2.24) is 0 Å². The zero-order valence-electron chi connectivity index (χ0n) is 15.8. The number of Topliss-reactive ketones (excluding diaryl/α,β-unsaturated/α-hetero) is 1. The number of para-hydroxylation sites is 2. The number of ketones is 1. The number of hydrogen-bond acceptors (Lipinski definition) is 7. The van der Waals surface area contributed by atoms with Gasteiger partial charge in [0.15, 0.2) is 0 Å². The van der Waals surface area contributed by atoms with Crippen LogP contribution >= 0.6 is 0 Å². The first-order valence-electron chi connectivity index (χ1n) is 9.36. The van der Waals surface area contributed by atoms with E-state index in [2.05, 4.69) is 5.16 Å². The van der Waals surface area contributed by atoms with Crippen molar-refractivity contribution in [3.8, 4) is 0 Å². The molecule has 2 amide bonds. The van der Waals surface area contributed by atoms with Gasteiger partial charge in [-0.2, -0.15) is 0 Å². The molecule has 0 radical (unpaired) electrons. The molecule has 5 rings (SSSR count). The van der Waals surface area contributed by atoms with Gasteiger partial charge < -0.3 is 4.84 Å². The van der Waals surface area contributed by atoms with E-state index in [0.29, 0.717) is 10.5 Å². The third-order valence-electron chi connectivity index (χ3n) is 5.38. The van der Waals surface area contributed by atoms with Crippen LogP contribution in [0.25, 0.3) is 10.8 Å². The van der Waals surface area contributed by atoms with E-state index in [1.165, 1.54) is 24.3 Å². The van der Waals surface area contributed by atoms with Gasteiger partial charge in [0.2, 0.25) is 17.8 Å². The van der Waals surface area contributed by atoms with Crippen molar-refractivity contribution in [2.24, 2.45) is 11.1 Å². The number of imide groups is 1. The molecular weight excluding hydrogens is 402 g/mol. The number of amides is 2. The molecule has 2 unspecified atom stereocenters. The summed E-state index contributed by atoms with van der Waals surface area (Å²) in [7, 11) is 0. The number of rotatable bonds is 4. The van der Waals surface area contributed by atoms with Gasteiger partial charge in [-0.1, -0.05) is 53.7 Å². The zero-order valence-corrected chi connectivity index (χ0v) is 15.8. The minimum absolute atomic E-state index is 0.169. The Hall–Kier alpha value is -4.40. The highest BCUT2D eigenvalue weighted by Gasteiger charge is 2.58. The molecule has 2 atom stereocenters. The van der Waals surface area contributed by atoms with Crippen LogP contribution in [0.4, 0.5) is 11.4 Å². The van der Waals surface area contributed by atoms with Crippen molar-refractivity contribution in [1.29, 1.82) is 0 Å². The molecule has 0 aromatic heterocycles. The van der Waals surface area contributed by atoms with Gasteiger partial charge >= 0.3 is 0 Å². The van der Waals surface area contributed by atoms with Gasteiger partial charge in [0.1, 0.15) is 17.3 Å². The Labute approximate surface area is 174 Å². The number of nitro groups is 1. The molecule has 1 saturated heterocycles. The molecule has 0 bridgehead atoms. The first-order valence-corrected chi connectivity index (χ1v) is 9.36. The van der Waals surface area contributed by atoms with Gasteiger partial charge in [-0.3, -0.25) is 24.5 Å². The van der Waals surface area contributed by atoms with E-state index in [-0.39, 0.29) is 11.4 Å². The van der Waals surface area contributed by atoms with E-state index < -0.39 is 40.2 Å². The summed E-state index contributed by atoms with van der Waals surface area (Å²) in [4.78, 5) is 55.5. The van der Waals surface area contributed by atoms with Crippen LogP contribution in [0.1, 0.15) is 10.4 Å². The van der Waals surface area contributed by atoms with Crippen molar-refractivity contribution in [2.75, 3.05) is 4.90 Å². The lowest BCUT2D eigenvalue weighted by Gasteiger charge is -2.15. The average molecular weight is 415 g/mol. The normalized spacial score (nSPS) is 19.9. The molecular formula is C22H13N3O6. The fourth-order valence-electron chi connectivity index (χ4n) is 3.89. The van der Waals surface area contributed by atoms with E-state index in [9.17, 15) is 24.5 Å². The first-order chi connectivity index (χ1) is 15.0. The third kappa shape index (κ3) is 2.78. The number of oxime groups is 1. The number of fused-ring (bicyclic) bond motifs is 2. The summed E-state index contributed by atoms with van der Waals surface area (Å²) in [6.45, 7) is 0. The minimum Gasteiger partial charge on any atom is -0.381 e. The van der Waals surface area contributed by atoms with Crippen molar-refractivity contribution < 1.29 is 24.1 Å². The quantitative estimate of drug-likeness (QED) is 0.280. The Morgan fingerprint density at radius 2 is 1.68 bits per heavy atom. The van der Waals surface area contributed by atoms with Crippen LogP contribution in [0.15, 0.2) is 71.9 Å². The Bertz CT molecular complexity index is 1330. The Morgan fingerprint density at radius 1 is 0.968 bits per heavy atom. The molecule has 0 spiro atoms. The van der Waals surface area contributed by atoms with Crippen molar-refractivity contribution in [3.05, 3.63) is 82.4 Å². The highest BCUT2D eigenvalue weighted by molar-refractivity contribution is 6.52. The molecule has 0 saturated carbocycles. The second-order valence-corrected chi connectivity index (χ2v) is 7.13. The molecule has 2 aliphatic rings. The number of carbonyl (C=O) groups excluding carboxylic acids is 3. The van der Waals surface area contributed by atoms with Crippen LogP contribution in [0.3, 0.4) is 0 Å². The Balaban J connectivity index is 1.50. The summed E-state index contributed by atoms with van der Waals surface area (Å²) >= 11 is 0. The minimum atomic E-state index is -1.33. The van der Waals surface area contributed by atoms with E-state index in [1.807, 2.05) is 24.3 Å². The van der Waals surface area contributed by atoms with Crippen LogP contribution in [0.2, 0.25) is 0 Å². The maximum absolute atomic E-state index is 13.1. The third-order valence-corrected chi connectivity index (χ3v) is 5.38. The number of nitro benzene ring substituents is 1. The van der Waals surface area contributed by atoms with E-state index in [0.717, 1.165) is 10.8 Å². The monoisotopic (exact) mass is 415 g/mol. The fraction of sp³-hybridized carbons (Fsp3) is 0.0909. The largest absolute Gasteiger partial charge is 0.381 e. The summed E-state index contributed by atoms with van der Waals surface area (Å²) in [5, 5.41) is 16.9. The zero-order chi connectivity index (χ0) is 21.7. The van der Waals surface area contributed by atoms with Crippen molar-refractivity contribution in [2.45, 2.75) is 6.10 Å². The number of benzene rings is 3. The molecule has 2 aliphatic heterocycles. The maximum atomic E-state index is 13.1. The lowest BCUT2D eigenvalue weighted by atomic mass is 9.92. The standard InChI is InChI=1S/C22H13N3O6/c26-19(14-10-9-12-5-1-2-6-13(12)11-14)18-17-20(31-23-18)22(28)24(21(17)27)15-7-3-4-8-16(15)25(29)30/h1-11,17,20H. The summed E-state index contributed by atoms with van der Waals surface area (Å²) in [6, 6.07) is 17.9. The number of nitrogens with zero attached hydrogens (tertiary/aromatic N) is 3. The summed E-state index contributed by atoms with van der Waals surface area (Å²) in [6.07, 6.45) is -1.33. The molecule has 9 nitrogen and oxygen atoms in total. The van der Waals surface area contributed by atoms with Crippen LogP contribution in [0.5, 0.6) is 0 Å². The Kier molecular flexibility index (Phi) is 4.11. The molecule has 0 N–H and O–H groups in total. The molecule has 2 heterocycles. The predicted octanol–water partition coefficient (Wildman–Crippen LogP) is 2.88. The van der Waals surface area contributed by atoms with E-state index in [4.69, 9.17) is 4.84 Å². The number of carbonyl (C=O) groups is 3.